The van der Waals surface area contributed by atoms with E-state index in [2.05, 4.69) is 14.1 Å². The van der Waals surface area contributed by atoms with Gasteiger partial charge in [-0.25, -0.2) is 15.0 Å². The summed E-state index contributed by atoms with van der Waals surface area (Å²) in [6.45, 7) is 1.88. The van der Waals surface area contributed by atoms with Gasteiger partial charge in [0.1, 0.15) is 0 Å². The van der Waals surface area contributed by atoms with E-state index in [0.717, 1.165) is 0 Å². The minimum Gasteiger partial charge on any atom is -0.296 e. The zero-order valence-electron chi connectivity index (χ0n) is 5.36. The van der Waals surface area contributed by atoms with Gasteiger partial charge in [0.15, 0.2) is 0 Å². The Kier molecular flexibility index (Phi) is 4.01. The molecule has 0 saturated carbocycles. The Labute approximate surface area is 53.6 Å². The minimum atomic E-state index is -3.41. The summed E-state index contributed by atoms with van der Waals surface area (Å²) in [4.78, 5) is 4.05. The van der Waals surface area contributed by atoms with E-state index in [1.165, 1.54) is 7.11 Å². The van der Waals surface area contributed by atoms with E-state index in [1.54, 1.807) is 6.92 Å². The molecule has 0 spiro atoms. The fraction of sp³-hybridized carbons (Fsp3) is 1.00. The highest BCUT2D eigenvalue weighted by Crippen LogP contribution is 2.38. The van der Waals surface area contributed by atoms with Crippen molar-refractivity contribution in [1.82, 2.24) is 0 Å². The molecule has 1 unspecified atom stereocenters. The van der Waals surface area contributed by atoms with E-state index in [1.807, 2.05) is 0 Å². The van der Waals surface area contributed by atoms with Gasteiger partial charge in [-0.1, -0.05) is 0 Å². The number of nitrogens with two attached hydrogens (primary N) is 1. The second kappa shape index (κ2) is 3.98. The van der Waals surface area contributed by atoms with Crippen LogP contribution in [0.2, 0.25) is 0 Å². The van der Waals surface area contributed by atoms with Crippen LogP contribution in [0.25, 0.3) is 0 Å². The third-order valence-electron chi connectivity index (χ3n) is 0.487. The molecule has 0 fully saturated rings. The Balaban J connectivity index is 3.58. The van der Waals surface area contributed by atoms with Gasteiger partial charge in [-0.3, -0.25) is 4.52 Å². The van der Waals surface area contributed by atoms with Crippen LogP contribution in [-0.2, 0) is 18.7 Å². The molecule has 0 aromatic heterocycles. The quantitative estimate of drug-likeness (QED) is 0.367. The maximum atomic E-state index is 10.6. The Hall–Kier alpha value is 0.0700. The number of rotatable bonds is 4. The van der Waals surface area contributed by atoms with Gasteiger partial charge in [0, 0.05) is 0 Å². The van der Waals surface area contributed by atoms with E-state index < -0.39 is 7.75 Å². The third kappa shape index (κ3) is 4.57. The second-order valence-electron chi connectivity index (χ2n) is 1.20. The molecule has 2 N–H and O–H groups in total. The molecular formula is C3H10NO4P. The van der Waals surface area contributed by atoms with Crippen LogP contribution >= 0.6 is 7.75 Å². The third-order valence-corrected chi connectivity index (χ3v) is 1.46. The molecule has 0 bridgehead atoms. The normalized spacial score (nSPS) is 17.2. The highest BCUT2D eigenvalue weighted by molar-refractivity contribution is 7.51. The van der Waals surface area contributed by atoms with Crippen molar-refractivity contribution in [2.75, 3.05) is 13.7 Å². The van der Waals surface area contributed by atoms with Gasteiger partial charge < -0.3 is 0 Å². The molecule has 0 aliphatic rings. The maximum absolute atomic E-state index is 10.6. The molecular weight excluding hydrogens is 145 g/mol. The van der Waals surface area contributed by atoms with E-state index in [0.29, 0.717) is 0 Å². The van der Waals surface area contributed by atoms with Crippen molar-refractivity contribution >= 4 is 7.75 Å². The Bertz CT molecular complexity index is 106. The van der Waals surface area contributed by atoms with Crippen LogP contribution in [0.15, 0.2) is 0 Å². The van der Waals surface area contributed by atoms with Gasteiger partial charge in [-0.2, -0.15) is 0 Å². The molecule has 0 saturated heterocycles. The van der Waals surface area contributed by atoms with Gasteiger partial charge in [0.25, 0.3) is 0 Å². The van der Waals surface area contributed by atoms with Crippen molar-refractivity contribution < 1.29 is 18.7 Å². The van der Waals surface area contributed by atoms with Crippen LogP contribution in [0.4, 0.5) is 0 Å². The van der Waals surface area contributed by atoms with Gasteiger partial charge in [0.2, 0.25) is 0 Å². The van der Waals surface area contributed by atoms with E-state index in [4.69, 9.17) is 5.50 Å². The minimum absolute atomic E-state index is 0.233. The zero-order chi connectivity index (χ0) is 7.33. The average Bonchev–Trinajstić information content (AvgIpc) is 1.64. The summed E-state index contributed by atoms with van der Waals surface area (Å²) in [6, 6.07) is 0. The second-order valence-corrected chi connectivity index (χ2v) is 2.69. The van der Waals surface area contributed by atoms with Gasteiger partial charge in [-0.15, -0.1) is 4.67 Å². The molecule has 0 aromatic carbocycles. The molecule has 0 rings (SSSR count). The topological polar surface area (TPSA) is 70.8 Å². The largest absolute Gasteiger partial charge is 0.429 e. The lowest BCUT2D eigenvalue weighted by atomic mass is 10.9. The van der Waals surface area contributed by atoms with Gasteiger partial charge in [-0.05, 0) is 6.92 Å². The first-order chi connectivity index (χ1) is 4.12. The first kappa shape index (κ1) is 9.07. The first-order valence-corrected chi connectivity index (χ1v) is 3.99. The van der Waals surface area contributed by atoms with Crippen molar-refractivity contribution in [3.8, 4) is 0 Å². The highest BCUT2D eigenvalue weighted by atomic mass is 31.2. The molecule has 1 atom stereocenters. The molecule has 6 heteroatoms. The van der Waals surface area contributed by atoms with Crippen molar-refractivity contribution in [1.29, 1.82) is 0 Å². The van der Waals surface area contributed by atoms with Crippen LogP contribution in [0.3, 0.4) is 0 Å². The standard InChI is InChI=1S/C3H10NO4P/c1-3-7-9(4,5)8-6-2/h3H2,1-2H3,(H2,4,5). The Morgan fingerprint density at radius 2 is 2.22 bits per heavy atom. The Morgan fingerprint density at radius 3 is 2.56 bits per heavy atom. The summed E-state index contributed by atoms with van der Waals surface area (Å²) in [5, 5.41) is 0. The molecule has 0 amide bonds. The van der Waals surface area contributed by atoms with Crippen LogP contribution < -0.4 is 5.50 Å². The van der Waals surface area contributed by atoms with Crippen LogP contribution in [0, 0.1) is 0 Å². The lowest BCUT2D eigenvalue weighted by molar-refractivity contribution is -0.187. The number of hydrogen-bond acceptors (Lipinski definition) is 4. The van der Waals surface area contributed by atoms with Crippen molar-refractivity contribution in [2.45, 2.75) is 6.92 Å². The van der Waals surface area contributed by atoms with Crippen molar-refractivity contribution in [2.24, 2.45) is 5.50 Å². The fourth-order valence-corrected chi connectivity index (χ4v) is 0.916. The highest BCUT2D eigenvalue weighted by Gasteiger charge is 2.16. The van der Waals surface area contributed by atoms with Crippen LogP contribution in [0.1, 0.15) is 6.92 Å². The molecule has 0 aliphatic carbocycles. The summed E-state index contributed by atoms with van der Waals surface area (Å²) < 4.78 is 19.2. The monoisotopic (exact) mass is 155 g/mol. The molecule has 0 aromatic rings. The summed E-state index contributed by atoms with van der Waals surface area (Å²) in [5.74, 6) is 0. The van der Waals surface area contributed by atoms with E-state index in [-0.39, 0.29) is 6.61 Å². The van der Waals surface area contributed by atoms with Gasteiger partial charge >= 0.3 is 7.75 Å². The summed E-state index contributed by atoms with van der Waals surface area (Å²) in [5.41, 5.74) is 4.92. The van der Waals surface area contributed by atoms with Crippen LogP contribution in [-0.4, -0.2) is 13.7 Å². The molecule has 5 nitrogen and oxygen atoms in total. The zero-order valence-corrected chi connectivity index (χ0v) is 6.26. The van der Waals surface area contributed by atoms with Crippen LogP contribution in [0.5, 0.6) is 0 Å². The average molecular weight is 155 g/mol. The van der Waals surface area contributed by atoms with E-state index in [9.17, 15) is 4.57 Å². The summed E-state index contributed by atoms with van der Waals surface area (Å²) >= 11 is 0. The molecule has 0 radical (unpaired) electrons. The SMILES string of the molecule is CCOP(N)(=O)OOC. The van der Waals surface area contributed by atoms with E-state index >= 15 is 0 Å². The molecule has 0 aliphatic heterocycles. The molecule has 9 heavy (non-hydrogen) atoms. The lowest BCUT2D eigenvalue weighted by Crippen LogP contribution is -2.02. The Morgan fingerprint density at radius 1 is 1.67 bits per heavy atom. The fourth-order valence-electron chi connectivity index (χ4n) is 0.305. The first-order valence-electron chi connectivity index (χ1n) is 2.38. The lowest BCUT2D eigenvalue weighted by Gasteiger charge is -2.07. The molecule has 56 valence electrons. The maximum Gasteiger partial charge on any atom is 0.429 e. The van der Waals surface area contributed by atoms with Crippen molar-refractivity contribution in [3.63, 3.8) is 0 Å². The predicted octanol–water partition coefficient (Wildman–Crippen LogP) is 0.668. The van der Waals surface area contributed by atoms with Gasteiger partial charge in [0.05, 0.1) is 13.7 Å². The summed E-state index contributed by atoms with van der Waals surface area (Å²) in [6.07, 6.45) is 0. The summed E-state index contributed by atoms with van der Waals surface area (Å²) in [7, 11) is -2.21. The number of hydrogen-bond donors (Lipinski definition) is 1. The smallest absolute Gasteiger partial charge is 0.296 e. The van der Waals surface area contributed by atoms with Crippen molar-refractivity contribution in [3.05, 3.63) is 0 Å². The predicted molar refractivity (Wildman–Crippen MR) is 31.5 cm³/mol. The molecule has 0 heterocycles.